The molecule has 1 unspecified atom stereocenters. The summed E-state index contributed by atoms with van der Waals surface area (Å²) in [5, 5.41) is 7.88. The Morgan fingerprint density at radius 3 is 2.89 bits per heavy atom. The summed E-state index contributed by atoms with van der Waals surface area (Å²) in [5.41, 5.74) is 2.62. The largest absolute Gasteiger partial charge is 0.310 e. The zero-order chi connectivity index (χ0) is 13.7. The Morgan fingerprint density at radius 1 is 1.42 bits per heavy atom. The molecule has 0 aliphatic rings. The molecule has 1 N–H and O–H groups in total. The van der Waals surface area contributed by atoms with Crippen molar-refractivity contribution >= 4 is 22.6 Å². The van der Waals surface area contributed by atoms with E-state index in [1.807, 2.05) is 17.9 Å². The SMILES string of the molecule is CCCNC(Cc1cnn(C)c1)c1cccc(I)c1. The number of hydrogen-bond donors (Lipinski definition) is 1. The third kappa shape index (κ3) is 4.31. The van der Waals surface area contributed by atoms with Crippen molar-refractivity contribution in [1.29, 1.82) is 0 Å². The van der Waals surface area contributed by atoms with Gasteiger partial charge in [-0.25, -0.2) is 0 Å². The topological polar surface area (TPSA) is 29.9 Å². The molecule has 0 radical (unpaired) electrons. The summed E-state index contributed by atoms with van der Waals surface area (Å²) >= 11 is 2.37. The highest BCUT2D eigenvalue weighted by atomic mass is 127. The number of benzene rings is 1. The van der Waals surface area contributed by atoms with E-state index < -0.39 is 0 Å². The van der Waals surface area contributed by atoms with Crippen LogP contribution in [0.1, 0.15) is 30.5 Å². The second kappa shape index (κ2) is 7.05. The van der Waals surface area contributed by atoms with E-state index in [0.717, 1.165) is 19.4 Å². The van der Waals surface area contributed by atoms with Gasteiger partial charge in [0.1, 0.15) is 0 Å². The minimum Gasteiger partial charge on any atom is -0.310 e. The molecule has 0 aliphatic heterocycles. The highest BCUT2D eigenvalue weighted by Gasteiger charge is 2.12. The average Bonchev–Trinajstić information content (AvgIpc) is 2.80. The number of halogens is 1. The van der Waals surface area contributed by atoms with Gasteiger partial charge < -0.3 is 5.32 Å². The van der Waals surface area contributed by atoms with E-state index in [4.69, 9.17) is 0 Å². The minimum absolute atomic E-state index is 0.360. The van der Waals surface area contributed by atoms with Gasteiger partial charge in [0.15, 0.2) is 0 Å². The van der Waals surface area contributed by atoms with Crippen LogP contribution in [0.2, 0.25) is 0 Å². The molecule has 1 atom stereocenters. The standard InChI is InChI=1S/C15H20IN3/c1-3-7-17-15(8-12-10-18-19(2)11-12)13-5-4-6-14(16)9-13/h4-6,9-11,15,17H,3,7-8H2,1-2H3. The molecule has 0 amide bonds. The van der Waals surface area contributed by atoms with Gasteiger partial charge in [0.05, 0.1) is 6.20 Å². The van der Waals surface area contributed by atoms with Crippen LogP contribution < -0.4 is 5.32 Å². The summed E-state index contributed by atoms with van der Waals surface area (Å²) in [6.45, 7) is 3.24. The molecule has 0 saturated carbocycles. The maximum atomic E-state index is 4.25. The summed E-state index contributed by atoms with van der Waals surface area (Å²) < 4.78 is 3.14. The highest BCUT2D eigenvalue weighted by Crippen LogP contribution is 2.20. The number of aryl methyl sites for hydroxylation is 1. The molecule has 1 heterocycles. The van der Waals surface area contributed by atoms with Crippen LogP contribution in [0.15, 0.2) is 36.7 Å². The summed E-state index contributed by atoms with van der Waals surface area (Å²) in [6.07, 6.45) is 6.17. The van der Waals surface area contributed by atoms with Crippen molar-refractivity contribution in [2.75, 3.05) is 6.54 Å². The lowest BCUT2D eigenvalue weighted by Crippen LogP contribution is -2.24. The molecule has 1 aromatic heterocycles. The van der Waals surface area contributed by atoms with Gasteiger partial charge >= 0.3 is 0 Å². The van der Waals surface area contributed by atoms with Crippen molar-refractivity contribution in [1.82, 2.24) is 15.1 Å². The minimum atomic E-state index is 0.360. The molecule has 0 bridgehead atoms. The molecule has 0 saturated heterocycles. The van der Waals surface area contributed by atoms with Crippen LogP contribution in [0, 0.1) is 3.57 Å². The number of rotatable bonds is 6. The van der Waals surface area contributed by atoms with Gasteiger partial charge in [0, 0.05) is 22.9 Å². The molecule has 4 heteroatoms. The molecule has 3 nitrogen and oxygen atoms in total. The molecule has 2 rings (SSSR count). The van der Waals surface area contributed by atoms with E-state index in [0.29, 0.717) is 6.04 Å². The Morgan fingerprint density at radius 2 is 2.26 bits per heavy atom. The molecule has 0 aliphatic carbocycles. The van der Waals surface area contributed by atoms with Crippen LogP contribution in [0.5, 0.6) is 0 Å². The lowest BCUT2D eigenvalue weighted by Gasteiger charge is -2.18. The molecule has 19 heavy (non-hydrogen) atoms. The first kappa shape index (κ1) is 14.5. The van der Waals surface area contributed by atoms with Crippen LogP contribution in [0.3, 0.4) is 0 Å². The fourth-order valence-electron chi connectivity index (χ4n) is 2.16. The normalized spacial score (nSPS) is 12.6. The maximum Gasteiger partial charge on any atom is 0.0522 e. The number of hydrogen-bond acceptors (Lipinski definition) is 2. The van der Waals surface area contributed by atoms with Gasteiger partial charge in [-0.3, -0.25) is 4.68 Å². The van der Waals surface area contributed by atoms with Crippen molar-refractivity contribution in [3.8, 4) is 0 Å². The molecule has 1 aromatic carbocycles. The summed E-state index contributed by atoms with van der Waals surface area (Å²) in [4.78, 5) is 0. The van der Waals surface area contributed by atoms with E-state index >= 15 is 0 Å². The maximum absolute atomic E-state index is 4.25. The first-order valence-corrected chi connectivity index (χ1v) is 7.73. The summed E-state index contributed by atoms with van der Waals surface area (Å²) in [7, 11) is 1.96. The first-order valence-electron chi connectivity index (χ1n) is 6.65. The Hall–Kier alpha value is -0.880. The lowest BCUT2D eigenvalue weighted by atomic mass is 10.0. The Labute approximate surface area is 128 Å². The number of nitrogens with zero attached hydrogens (tertiary/aromatic N) is 2. The average molecular weight is 369 g/mol. The van der Waals surface area contributed by atoms with E-state index in [9.17, 15) is 0 Å². The van der Waals surface area contributed by atoms with Gasteiger partial charge in [-0.15, -0.1) is 0 Å². The molecule has 0 spiro atoms. The van der Waals surface area contributed by atoms with Crippen molar-refractivity contribution in [3.63, 3.8) is 0 Å². The monoisotopic (exact) mass is 369 g/mol. The van der Waals surface area contributed by atoms with Crippen molar-refractivity contribution in [2.24, 2.45) is 7.05 Å². The van der Waals surface area contributed by atoms with Crippen LogP contribution >= 0.6 is 22.6 Å². The predicted octanol–water partition coefficient (Wildman–Crippen LogP) is 3.31. The Bertz CT molecular complexity index is 522. The zero-order valence-electron chi connectivity index (χ0n) is 11.4. The zero-order valence-corrected chi connectivity index (χ0v) is 13.6. The smallest absolute Gasteiger partial charge is 0.0522 e. The number of nitrogens with one attached hydrogen (secondary N) is 1. The predicted molar refractivity (Wildman–Crippen MR) is 87.1 cm³/mol. The van der Waals surface area contributed by atoms with Gasteiger partial charge in [-0.2, -0.15) is 5.10 Å². The summed E-state index contributed by atoms with van der Waals surface area (Å²) in [5.74, 6) is 0. The molecule has 102 valence electrons. The quantitative estimate of drug-likeness (QED) is 0.792. The lowest BCUT2D eigenvalue weighted by molar-refractivity contribution is 0.529. The fraction of sp³-hybridized carbons (Fsp3) is 0.400. The van der Waals surface area contributed by atoms with Crippen LogP contribution in [0.4, 0.5) is 0 Å². The van der Waals surface area contributed by atoms with E-state index in [-0.39, 0.29) is 0 Å². The van der Waals surface area contributed by atoms with Crippen LogP contribution in [-0.2, 0) is 13.5 Å². The number of aromatic nitrogens is 2. The second-order valence-electron chi connectivity index (χ2n) is 4.79. The van der Waals surface area contributed by atoms with Gasteiger partial charge in [0.2, 0.25) is 0 Å². The fourth-order valence-corrected chi connectivity index (χ4v) is 2.73. The third-order valence-electron chi connectivity index (χ3n) is 3.09. The van der Waals surface area contributed by atoms with Gasteiger partial charge in [-0.05, 0) is 65.2 Å². The summed E-state index contributed by atoms with van der Waals surface area (Å²) in [6, 6.07) is 9.07. The van der Waals surface area contributed by atoms with E-state index in [2.05, 4.69) is 70.4 Å². The van der Waals surface area contributed by atoms with Crippen molar-refractivity contribution < 1.29 is 0 Å². The van der Waals surface area contributed by atoms with Gasteiger partial charge in [0.25, 0.3) is 0 Å². The molecule has 2 aromatic rings. The second-order valence-corrected chi connectivity index (χ2v) is 6.03. The molecule has 0 fully saturated rings. The van der Waals surface area contributed by atoms with Crippen LogP contribution in [0.25, 0.3) is 0 Å². The Kier molecular flexibility index (Phi) is 5.39. The van der Waals surface area contributed by atoms with E-state index in [1.165, 1.54) is 14.7 Å². The highest BCUT2D eigenvalue weighted by molar-refractivity contribution is 14.1. The molecular weight excluding hydrogens is 349 g/mol. The van der Waals surface area contributed by atoms with Gasteiger partial charge in [-0.1, -0.05) is 19.1 Å². The first-order chi connectivity index (χ1) is 9.19. The van der Waals surface area contributed by atoms with Crippen molar-refractivity contribution in [3.05, 3.63) is 51.4 Å². The third-order valence-corrected chi connectivity index (χ3v) is 3.76. The van der Waals surface area contributed by atoms with Crippen LogP contribution in [-0.4, -0.2) is 16.3 Å². The van der Waals surface area contributed by atoms with Crippen molar-refractivity contribution in [2.45, 2.75) is 25.8 Å². The van der Waals surface area contributed by atoms with E-state index in [1.54, 1.807) is 0 Å². The Balaban J connectivity index is 2.15. The molecular formula is C15H20IN3.